The van der Waals surface area contributed by atoms with Crippen molar-refractivity contribution in [2.75, 3.05) is 6.54 Å². The summed E-state index contributed by atoms with van der Waals surface area (Å²) in [4.78, 5) is 17.4. The summed E-state index contributed by atoms with van der Waals surface area (Å²) in [5, 5.41) is 12.2. The number of benzene rings is 2. The SMILES string of the molecule is O=C(NCCc1ccc(O)cc1)c1ccc(SCc2cccnc2)cc1. The Morgan fingerprint density at radius 3 is 2.46 bits per heavy atom. The molecule has 0 spiro atoms. The second-order valence-electron chi connectivity index (χ2n) is 5.85. The molecule has 0 radical (unpaired) electrons. The predicted octanol–water partition coefficient (Wildman–Crippen LogP) is 4.05. The van der Waals surface area contributed by atoms with Crippen molar-refractivity contribution >= 4 is 17.7 Å². The van der Waals surface area contributed by atoms with Crippen molar-refractivity contribution < 1.29 is 9.90 Å². The average molecular weight is 364 g/mol. The largest absolute Gasteiger partial charge is 0.508 e. The third-order valence-electron chi connectivity index (χ3n) is 3.88. The van der Waals surface area contributed by atoms with E-state index in [2.05, 4.69) is 16.4 Å². The lowest BCUT2D eigenvalue weighted by atomic mass is 10.1. The van der Waals surface area contributed by atoms with E-state index in [1.54, 1.807) is 30.1 Å². The fourth-order valence-corrected chi connectivity index (χ4v) is 3.27. The molecule has 26 heavy (non-hydrogen) atoms. The fourth-order valence-electron chi connectivity index (χ4n) is 2.44. The smallest absolute Gasteiger partial charge is 0.251 e. The van der Waals surface area contributed by atoms with Crippen LogP contribution in [0, 0.1) is 0 Å². The highest BCUT2D eigenvalue weighted by Gasteiger charge is 2.05. The van der Waals surface area contributed by atoms with Crippen molar-refractivity contribution in [2.45, 2.75) is 17.1 Å². The zero-order valence-corrected chi connectivity index (χ0v) is 15.1. The molecule has 132 valence electrons. The van der Waals surface area contributed by atoms with Gasteiger partial charge in [-0.2, -0.15) is 0 Å². The van der Waals surface area contributed by atoms with Crippen LogP contribution in [0.15, 0.2) is 78.0 Å². The Hall–Kier alpha value is -2.79. The van der Waals surface area contributed by atoms with E-state index >= 15 is 0 Å². The maximum Gasteiger partial charge on any atom is 0.251 e. The van der Waals surface area contributed by atoms with E-state index in [1.165, 1.54) is 5.56 Å². The Labute approximate surface area is 157 Å². The van der Waals surface area contributed by atoms with Gasteiger partial charge in [0.1, 0.15) is 5.75 Å². The summed E-state index contributed by atoms with van der Waals surface area (Å²) < 4.78 is 0. The summed E-state index contributed by atoms with van der Waals surface area (Å²) in [6.07, 6.45) is 4.36. The molecule has 0 bridgehead atoms. The molecule has 1 aromatic heterocycles. The Kier molecular flexibility index (Phi) is 6.28. The molecule has 0 aliphatic heterocycles. The second kappa shape index (κ2) is 9.06. The maximum atomic E-state index is 12.2. The number of hydrogen-bond acceptors (Lipinski definition) is 4. The lowest BCUT2D eigenvalue weighted by molar-refractivity contribution is 0.0954. The molecule has 0 aliphatic carbocycles. The van der Waals surface area contributed by atoms with E-state index in [1.807, 2.05) is 48.7 Å². The number of carbonyl (C=O) groups excluding carboxylic acids is 1. The maximum absolute atomic E-state index is 12.2. The molecule has 0 saturated carbocycles. The summed E-state index contributed by atoms with van der Waals surface area (Å²) in [7, 11) is 0. The van der Waals surface area contributed by atoms with Crippen LogP contribution < -0.4 is 5.32 Å². The second-order valence-corrected chi connectivity index (χ2v) is 6.90. The summed E-state index contributed by atoms with van der Waals surface area (Å²) >= 11 is 1.72. The van der Waals surface area contributed by atoms with Crippen LogP contribution in [0.4, 0.5) is 0 Å². The lowest BCUT2D eigenvalue weighted by Crippen LogP contribution is -2.25. The topological polar surface area (TPSA) is 62.2 Å². The van der Waals surface area contributed by atoms with Crippen LogP contribution >= 0.6 is 11.8 Å². The zero-order chi connectivity index (χ0) is 18.2. The molecule has 3 aromatic rings. The van der Waals surface area contributed by atoms with Gasteiger partial charge in [-0.1, -0.05) is 18.2 Å². The molecule has 0 aliphatic rings. The Balaban J connectivity index is 1.46. The Morgan fingerprint density at radius 1 is 1.00 bits per heavy atom. The first-order valence-electron chi connectivity index (χ1n) is 8.38. The van der Waals surface area contributed by atoms with Crippen LogP contribution in [0.3, 0.4) is 0 Å². The molecule has 3 rings (SSSR count). The molecular formula is C21H20N2O2S. The van der Waals surface area contributed by atoms with Gasteiger partial charge in [-0.05, 0) is 60.0 Å². The molecule has 2 aromatic carbocycles. The first kappa shape index (κ1) is 18.0. The van der Waals surface area contributed by atoms with Gasteiger partial charge in [0.25, 0.3) is 5.91 Å². The van der Waals surface area contributed by atoms with E-state index in [9.17, 15) is 9.90 Å². The van der Waals surface area contributed by atoms with E-state index in [0.29, 0.717) is 12.1 Å². The number of amides is 1. The number of nitrogens with one attached hydrogen (secondary N) is 1. The summed E-state index contributed by atoms with van der Waals surface area (Å²) in [5.41, 5.74) is 2.90. The van der Waals surface area contributed by atoms with E-state index in [-0.39, 0.29) is 11.7 Å². The normalized spacial score (nSPS) is 10.5. The number of nitrogens with zero attached hydrogens (tertiary/aromatic N) is 1. The highest BCUT2D eigenvalue weighted by atomic mass is 32.2. The molecule has 4 nitrogen and oxygen atoms in total. The van der Waals surface area contributed by atoms with Crippen LogP contribution in [0.25, 0.3) is 0 Å². The van der Waals surface area contributed by atoms with Crippen LogP contribution in [0.1, 0.15) is 21.5 Å². The Morgan fingerprint density at radius 2 is 1.77 bits per heavy atom. The van der Waals surface area contributed by atoms with Gasteiger partial charge in [-0.3, -0.25) is 9.78 Å². The number of aromatic nitrogens is 1. The first-order valence-corrected chi connectivity index (χ1v) is 9.37. The molecular weight excluding hydrogens is 344 g/mol. The number of thioether (sulfide) groups is 1. The third-order valence-corrected chi connectivity index (χ3v) is 4.96. The van der Waals surface area contributed by atoms with E-state index < -0.39 is 0 Å². The summed E-state index contributed by atoms with van der Waals surface area (Å²) in [6, 6.07) is 18.6. The number of phenolic OH excluding ortho intramolecular Hbond substituents is 1. The van der Waals surface area contributed by atoms with Gasteiger partial charge in [0.2, 0.25) is 0 Å². The minimum Gasteiger partial charge on any atom is -0.508 e. The van der Waals surface area contributed by atoms with Gasteiger partial charge in [0, 0.05) is 35.2 Å². The molecule has 1 heterocycles. The number of aromatic hydroxyl groups is 1. The molecule has 0 fully saturated rings. The first-order chi connectivity index (χ1) is 12.7. The van der Waals surface area contributed by atoms with Crippen LogP contribution in [0.2, 0.25) is 0 Å². The van der Waals surface area contributed by atoms with Gasteiger partial charge in [0.15, 0.2) is 0 Å². The molecule has 5 heteroatoms. The van der Waals surface area contributed by atoms with Gasteiger partial charge >= 0.3 is 0 Å². The van der Waals surface area contributed by atoms with Crippen molar-refractivity contribution in [2.24, 2.45) is 0 Å². The van der Waals surface area contributed by atoms with Crippen molar-refractivity contribution in [1.82, 2.24) is 10.3 Å². The minimum atomic E-state index is -0.0763. The number of pyridine rings is 1. The van der Waals surface area contributed by atoms with Crippen molar-refractivity contribution in [3.8, 4) is 5.75 Å². The van der Waals surface area contributed by atoms with E-state index in [0.717, 1.165) is 22.6 Å². The molecule has 2 N–H and O–H groups in total. The predicted molar refractivity (Wildman–Crippen MR) is 104 cm³/mol. The molecule has 0 unspecified atom stereocenters. The average Bonchev–Trinajstić information content (AvgIpc) is 2.69. The van der Waals surface area contributed by atoms with Gasteiger partial charge in [0.05, 0.1) is 0 Å². The standard InChI is InChI=1S/C21H20N2O2S/c24-19-7-3-16(4-8-19)11-13-23-21(25)18-5-9-20(10-6-18)26-15-17-2-1-12-22-14-17/h1-10,12,14,24H,11,13,15H2,(H,23,25). The highest BCUT2D eigenvalue weighted by molar-refractivity contribution is 7.98. The number of hydrogen-bond donors (Lipinski definition) is 2. The van der Waals surface area contributed by atoms with Gasteiger partial charge in [-0.15, -0.1) is 11.8 Å². The van der Waals surface area contributed by atoms with Crippen LogP contribution in [-0.2, 0) is 12.2 Å². The van der Waals surface area contributed by atoms with Crippen molar-refractivity contribution in [3.63, 3.8) is 0 Å². The molecule has 0 saturated heterocycles. The summed E-state index contributed by atoms with van der Waals surface area (Å²) in [5.74, 6) is 1.03. The van der Waals surface area contributed by atoms with Crippen molar-refractivity contribution in [1.29, 1.82) is 0 Å². The number of rotatable bonds is 7. The number of carbonyl (C=O) groups is 1. The zero-order valence-electron chi connectivity index (χ0n) is 14.3. The lowest BCUT2D eigenvalue weighted by Gasteiger charge is -2.07. The highest BCUT2D eigenvalue weighted by Crippen LogP contribution is 2.22. The fraction of sp³-hybridized carbons (Fsp3) is 0.143. The number of phenols is 1. The third kappa shape index (κ3) is 5.36. The van der Waals surface area contributed by atoms with E-state index in [4.69, 9.17) is 0 Å². The Bertz CT molecular complexity index is 834. The monoisotopic (exact) mass is 364 g/mol. The van der Waals surface area contributed by atoms with Crippen LogP contribution in [0.5, 0.6) is 5.75 Å². The quantitative estimate of drug-likeness (QED) is 0.621. The minimum absolute atomic E-state index is 0.0763. The summed E-state index contributed by atoms with van der Waals surface area (Å²) in [6.45, 7) is 0.557. The molecule has 1 amide bonds. The van der Waals surface area contributed by atoms with Crippen LogP contribution in [-0.4, -0.2) is 22.5 Å². The van der Waals surface area contributed by atoms with Gasteiger partial charge < -0.3 is 10.4 Å². The van der Waals surface area contributed by atoms with Crippen molar-refractivity contribution in [3.05, 3.63) is 89.7 Å². The molecule has 0 atom stereocenters. The van der Waals surface area contributed by atoms with Gasteiger partial charge in [-0.25, -0.2) is 0 Å².